The normalized spacial score (nSPS) is 13.8. The maximum Gasteiger partial charge on any atom is 0.307 e. The molecule has 1 N–H and O–H groups in total. The van der Waals surface area contributed by atoms with Crippen molar-refractivity contribution in [1.29, 1.82) is 0 Å². The summed E-state index contributed by atoms with van der Waals surface area (Å²) in [5.41, 5.74) is 0. The highest BCUT2D eigenvalue weighted by molar-refractivity contribution is 5.71. The summed E-state index contributed by atoms with van der Waals surface area (Å²) in [7, 11) is 5.91. The Hall–Kier alpha value is -1.10. The molecule has 178 valence electrons. The Morgan fingerprint density at radius 3 is 1.70 bits per heavy atom. The number of hydrogen-bond acceptors (Lipinski definition) is 3. The minimum atomic E-state index is -0.925. The number of unbranched alkanes of at least 4 members (excludes halogenated alkanes) is 11. The zero-order valence-electron chi connectivity index (χ0n) is 20.6. The van der Waals surface area contributed by atoms with Crippen molar-refractivity contribution >= 4 is 11.9 Å². The van der Waals surface area contributed by atoms with Gasteiger partial charge in [-0.2, -0.15) is 0 Å². The molecule has 0 aromatic heterocycles. The van der Waals surface area contributed by atoms with E-state index in [4.69, 9.17) is 9.84 Å². The Morgan fingerprint density at radius 2 is 1.27 bits per heavy atom. The van der Waals surface area contributed by atoms with Gasteiger partial charge in [-0.05, 0) is 5.92 Å². The minimum absolute atomic E-state index is 0.131. The quantitative estimate of drug-likeness (QED) is 0.142. The third-order valence-electron chi connectivity index (χ3n) is 5.52. The van der Waals surface area contributed by atoms with Crippen LogP contribution < -0.4 is 0 Å². The number of carbonyl (C=O) groups excluding carboxylic acids is 1. The molecule has 0 radical (unpaired) electrons. The number of carbonyl (C=O) groups is 2. The van der Waals surface area contributed by atoms with Crippen molar-refractivity contribution in [2.75, 3.05) is 27.7 Å². The van der Waals surface area contributed by atoms with Crippen molar-refractivity contribution in [1.82, 2.24) is 0 Å². The van der Waals surface area contributed by atoms with Gasteiger partial charge in [-0.25, -0.2) is 0 Å². The zero-order chi connectivity index (χ0) is 22.8. The fourth-order valence-electron chi connectivity index (χ4n) is 3.90. The van der Waals surface area contributed by atoms with Gasteiger partial charge in [0.1, 0.15) is 6.54 Å². The molecule has 0 aliphatic rings. The minimum Gasteiger partial charge on any atom is -0.481 e. The first kappa shape index (κ1) is 28.9. The largest absolute Gasteiger partial charge is 0.481 e. The van der Waals surface area contributed by atoms with Crippen molar-refractivity contribution in [3.05, 3.63) is 0 Å². The van der Waals surface area contributed by atoms with E-state index in [-0.39, 0.29) is 18.3 Å². The molecule has 30 heavy (non-hydrogen) atoms. The Kier molecular flexibility index (Phi) is 16.9. The Balaban J connectivity index is 3.78. The van der Waals surface area contributed by atoms with E-state index in [0.29, 0.717) is 17.4 Å². The summed E-state index contributed by atoms with van der Waals surface area (Å²) in [5.74, 6) is -0.901. The molecule has 5 nitrogen and oxygen atoms in total. The fraction of sp³-hybridized carbons (Fsp3) is 0.920. The number of quaternary nitrogens is 1. The summed E-state index contributed by atoms with van der Waals surface area (Å²) in [6, 6.07) is 0. The Morgan fingerprint density at radius 1 is 0.800 bits per heavy atom. The highest BCUT2D eigenvalue weighted by atomic mass is 16.5. The summed E-state index contributed by atoms with van der Waals surface area (Å²) in [4.78, 5) is 23.3. The Labute approximate surface area is 186 Å². The molecule has 0 saturated carbocycles. The van der Waals surface area contributed by atoms with E-state index in [1.807, 2.05) is 21.1 Å². The summed E-state index contributed by atoms with van der Waals surface area (Å²) in [6.07, 6.45) is 16.8. The molecule has 2 unspecified atom stereocenters. The van der Waals surface area contributed by atoms with Gasteiger partial charge in [0.05, 0.1) is 27.6 Å². The van der Waals surface area contributed by atoms with Crippen molar-refractivity contribution in [3.63, 3.8) is 0 Å². The van der Waals surface area contributed by atoms with Gasteiger partial charge >= 0.3 is 11.9 Å². The number of esters is 1. The third kappa shape index (κ3) is 20.2. The van der Waals surface area contributed by atoms with Crippen LogP contribution >= 0.6 is 0 Å². The molecule has 0 fully saturated rings. The zero-order valence-corrected chi connectivity index (χ0v) is 20.6. The van der Waals surface area contributed by atoms with Gasteiger partial charge in [0.25, 0.3) is 0 Å². The van der Waals surface area contributed by atoms with Crippen molar-refractivity contribution in [2.24, 2.45) is 5.92 Å². The van der Waals surface area contributed by atoms with Crippen LogP contribution in [0.5, 0.6) is 0 Å². The number of rotatable bonds is 20. The molecule has 5 heteroatoms. The lowest BCUT2D eigenvalue weighted by molar-refractivity contribution is -0.873. The van der Waals surface area contributed by atoms with Crippen LogP contribution in [-0.2, 0) is 14.3 Å². The molecule has 0 bridgehead atoms. The number of carboxylic acid groups (broad SMARTS) is 1. The second-order valence-electron chi connectivity index (χ2n) is 10.2. The monoisotopic (exact) mass is 428 g/mol. The fourth-order valence-corrected chi connectivity index (χ4v) is 3.90. The SMILES string of the molecule is CCCCCCCCCCCCCCC(C)CC(=O)OC(CC(=O)O)C[N+](C)(C)C. The van der Waals surface area contributed by atoms with E-state index >= 15 is 0 Å². The molecule has 0 spiro atoms. The first-order chi connectivity index (χ1) is 14.1. The molecule has 0 aromatic carbocycles. The van der Waals surface area contributed by atoms with Gasteiger partial charge in [0, 0.05) is 6.42 Å². The average molecular weight is 429 g/mol. The molecular weight excluding hydrogens is 378 g/mol. The van der Waals surface area contributed by atoms with Gasteiger partial charge in [-0.15, -0.1) is 0 Å². The smallest absolute Gasteiger partial charge is 0.307 e. The molecule has 0 aromatic rings. The first-order valence-corrected chi connectivity index (χ1v) is 12.4. The standard InChI is InChI=1S/C25H49NO4/c1-6-7-8-9-10-11-12-13-14-15-16-17-18-22(2)19-25(29)30-23(20-24(27)28)21-26(3,4)5/h22-23H,6-21H2,1-5H3/p+1. The van der Waals surface area contributed by atoms with Crippen LogP contribution in [-0.4, -0.2) is 55.3 Å². The number of nitrogens with zero attached hydrogens (tertiary/aromatic N) is 1. The van der Waals surface area contributed by atoms with Gasteiger partial charge < -0.3 is 14.3 Å². The summed E-state index contributed by atoms with van der Waals surface area (Å²) >= 11 is 0. The van der Waals surface area contributed by atoms with Gasteiger partial charge in [0.2, 0.25) is 0 Å². The van der Waals surface area contributed by atoms with Crippen LogP contribution in [0.2, 0.25) is 0 Å². The second kappa shape index (κ2) is 17.6. The lowest BCUT2D eigenvalue weighted by Gasteiger charge is -2.28. The topological polar surface area (TPSA) is 63.6 Å². The predicted octanol–water partition coefficient (Wildman–Crippen LogP) is 6.20. The van der Waals surface area contributed by atoms with Crippen LogP contribution in [0.3, 0.4) is 0 Å². The molecule has 0 aliphatic carbocycles. The Bertz CT molecular complexity index is 445. The van der Waals surface area contributed by atoms with E-state index in [1.54, 1.807) is 0 Å². The van der Waals surface area contributed by atoms with Gasteiger partial charge in [0.15, 0.2) is 6.10 Å². The summed E-state index contributed by atoms with van der Waals surface area (Å²) in [6.45, 7) is 4.86. The molecular formula is C25H50NO4+. The highest BCUT2D eigenvalue weighted by Crippen LogP contribution is 2.17. The maximum absolute atomic E-state index is 12.2. The molecule has 0 aliphatic heterocycles. The van der Waals surface area contributed by atoms with Crippen molar-refractivity contribution in [2.45, 2.75) is 116 Å². The molecule has 0 rings (SSSR count). The van der Waals surface area contributed by atoms with E-state index in [0.717, 1.165) is 12.8 Å². The second-order valence-corrected chi connectivity index (χ2v) is 10.2. The van der Waals surface area contributed by atoms with Gasteiger partial charge in [-0.1, -0.05) is 97.3 Å². The van der Waals surface area contributed by atoms with Crippen LogP contribution in [0.1, 0.15) is 110 Å². The summed E-state index contributed by atoms with van der Waals surface area (Å²) < 4.78 is 6.05. The van der Waals surface area contributed by atoms with Crippen LogP contribution in [0.15, 0.2) is 0 Å². The lowest BCUT2D eigenvalue weighted by Crippen LogP contribution is -2.43. The van der Waals surface area contributed by atoms with Gasteiger partial charge in [-0.3, -0.25) is 9.59 Å². The maximum atomic E-state index is 12.2. The van der Waals surface area contributed by atoms with E-state index in [2.05, 4.69) is 13.8 Å². The van der Waals surface area contributed by atoms with E-state index < -0.39 is 12.1 Å². The van der Waals surface area contributed by atoms with Crippen LogP contribution in [0.4, 0.5) is 0 Å². The average Bonchev–Trinajstić information content (AvgIpc) is 2.60. The molecule has 0 saturated heterocycles. The summed E-state index contributed by atoms with van der Waals surface area (Å²) in [5, 5.41) is 9.06. The van der Waals surface area contributed by atoms with E-state index in [9.17, 15) is 9.59 Å². The predicted molar refractivity (Wildman–Crippen MR) is 125 cm³/mol. The lowest BCUT2D eigenvalue weighted by atomic mass is 9.98. The third-order valence-corrected chi connectivity index (χ3v) is 5.52. The van der Waals surface area contributed by atoms with E-state index in [1.165, 1.54) is 70.6 Å². The highest BCUT2D eigenvalue weighted by Gasteiger charge is 2.25. The number of ether oxygens (including phenoxy) is 1. The first-order valence-electron chi connectivity index (χ1n) is 12.4. The number of carboxylic acids is 1. The molecule has 0 amide bonds. The number of likely N-dealkylation sites (N-methyl/N-ethyl adjacent to an activating group) is 1. The van der Waals surface area contributed by atoms with Crippen LogP contribution in [0, 0.1) is 5.92 Å². The number of hydrogen-bond donors (Lipinski definition) is 1. The van der Waals surface area contributed by atoms with Crippen molar-refractivity contribution in [3.8, 4) is 0 Å². The number of aliphatic carboxylic acids is 1. The van der Waals surface area contributed by atoms with Crippen LogP contribution in [0.25, 0.3) is 0 Å². The molecule has 0 heterocycles. The molecule has 2 atom stereocenters. The van der Waals surface area contributed by atoms with Crippen molar-refractivity contribution < 1.29 is 23.9 Å².